The van der Waals surface area contributed by atoms with E-state index in [4.69, 9.17) is 4.74 Å². The van der Waals surface area contributed by atoms with Crippen molar-refractivity contribution in [3.63, 3.8) is 0 Å². The van der Waals surface area contributed by atoms with E-state index < -0.39 is 35.3 Å². The molecule has 4 rings (SSSR count). The summed E-state index contributed by atoms with van der Waals surface area (Å²) in [6.07, 6.45) is 6.56. The van der Waals surface area contributed by atoms with E-state index in [-0.39, 0.29) is 11.8 Å². The number of fused-ring (bicyclic) bond motifs is 1. The molecule has 162 valence electrons. The highest BCUT2D eigenvalue weighted by Crippen LogP contribution is 2.49. The monoisotopic (exact) mass is 414 g/mol. The van der Waals surface area contributed by atoms with Crippen LogP contribution in [0.25, 0.3) is 0 Å². The van der Waals surface area contributed by atoms with Crippen LogP contribution in [-0.4, -0.2) is 35.0 Å². The Bertz CT molecular complexity index is 817. The summed E-state index contributed by atoms with van der Waals surface area (Å²) in [5.41, 5.74) is -0.629. The summed E-state index contributed by atoms with van der Waals surface area (Å²) in [5, 5.41) is 15.9. The number of benzene rings is 1. The lowest BCUT2D eigenvalue weighted by atomic mass is 9.72. The summed E-state index contributed by atoms with van der Waals surface area (Å²) in [6.45, 7) is 2.65. The maximum absolute atomic E-state index is 12.7. The summed E-state index contributed by atoms with van der Waals surface area (Å²) in [7, 11) is 0. The SMILES string of the molecule is CCCOc1ccc(C2NC(CC3CCCCC3)(C(=O)O)C3C(=O)NC(=O)C23)cc1. The Morgan fingerprint density at radius 1 is 1.13 bits per heavy atom. The molecule has 0 aromatic heterocycles. The fourth-order valence-corrected chi connectivity index (χ4v) is 5.52. The summed E-state index contributed by atoms with van der Waals surface area (Å²) in [4.78, 5) is 38.0. The van der Waals surface area contributed by atoms with Crippen LogP contribution in [0.3, 0.4) is 0 Å². The van der Waals surface area contributed by atoms with Gasteiger partial charge in [-0.3, -0.25) is 25.0 Å². The van der Waals surface area contributed by atoms with Gasteiger partial charge in [0.2, 0.25) is 11.8 Å². The first kappa shape index (κ1) is 20.8. The average Bonchev–Trinajstić information content (AvgIpc) is 3.24. The zero-order valence-electron chi connectivity index (χ0n) is 17.4. The van der Waals surface area contributed by atoms with Crippen LogP contribution in [0.2, 0.25) is 0 Å². The Kier molecular flexibility index (Phi) is 5.82. The predicted octanol–water partition coefficient (Wildman–Crippen LogP) is 2.80. The van der Waals surface area contributed by atoms with Crippen LogP contribution in [0.5, 0.6) is 5.75 Å². The molecular weight excluding hydrogens is 384 g/mol. The molecule has 7 heteroatoms. The molecule has 7 nitrogen and oxygen atoms in total. The zero-order valence-corrected chi connectivity index (χ0v) is 17.4. The highest BCUT2D eigenvalue weighted by Gasteiger charge is 2.66. The Balaban J connectivity index is 1.66. The first-order valence-corrected chi connectivity index (χ1v) is 11.0. The molecular formula is C23H30N2O5. The second-order valence-corrected chi connectivity index (χ2v) is 8.88. The lowest BCUT2D eigenvalue weighted by Gasteiger charge is -2.35. The number of carbonyl (C=O) groups is 3. The number of rotatable bonds is 7. The van der Waals surface area contributed by atoms with E-state index >= 15 is 0 Å². The molecule has 2 saturated heterocycles. The van der Waals surface area contributed by atoms with Crippen LogP contribution >= 0.6 is 0 Å². The number of hydrogen-bond donors (Lipinski definition) is 3. The largest absolute Gasteiger partial charge is 0.494 e. The molecule has 0 bridgehead atoms. The van der Waals surface area contributed by atoms with Crippen LogP contribution in [0, 0.1) is 17.8 Å². The Labute approximate surface area is 176 Å². The predicted molar refractivity (Wildman–Crippen MR) is 110 cm³/mol. The number of nitrogens with one attached hydrogen (secondary N) is 2. The van der Waals surface area contributed by atoms with Gasteiger partial charge in [0.05, 0.1) is 18.4 Å². The van der Waals surface area contributed by atoms with Gasteiger partial charge in [-0.2, -0.15) is 0 Å². The van der Waals surface area contributed by atoms with Crippen LogP contribution in [0.1, 0.15) is 63.5 Å². The van der Waals surface area contributed by atoms with Crippen molar-refractivity contribution in [2.75, 3.05) is 6.61 Å². The summed E-state index contributed by atoms with van der Waals surface area (Å²) in [5.74, 6) is -2.55. The molecule has 3 fully saturated rings. The van der Waals surface area contributed by atoms with Crippen molar-refractivity contribution in [2.45, 2.75) is 63.5 Å². The number of amides is 2. The van der Waals surface area contributed by atoms with Crippen LogP contribution in [0.4, 0.5) is 0 Å². The van der Waals surface area contributed by atoms with Gasteiger partial charge in [-0.15, -0.1) is 0 Å². The van der Waals surface area contributed by atoms with E-state index in [0.717, 1.165) is 43.4 Å². The number of imide groups is 1. The van der Waals surface area contributed by atoms with Gasteiger partial charge in [0.15, 0.2) is 0 Å². The van der Waals surface area contributed by atoms with E-state index in [1.807, 2.05) is 31.2 Å². The fourth-order valence-electron chi connectivity index (χ4n) is 5.52. The molecule has 2 aliphatic heterocycles. The number of hydrogen-bond acceptors (Lipinski definition) is 5. The highest BCUT2D eigenvalue weighted by molar-refractivity contribution is 6.09. The van der Waals surface area contributed by atoms with Gasteiger partial charge in [0.1, 0.15) is 11.3 Å². The first-order valence-electron chi connectivity index (χ1n) is 11.0. The van der Waals surface area contributed by atoms with Gasteiger partial charge in [-0.05, 0) is 36.5 Å². The molecule has 4 unspecified atom stereocenters. The summed E-state index contributed by atoms with van der Waals surface area (Å²) in [6, 6.07) is 6.85. The molecule has 2 heterocycles. The minimum atomic E-state index is -1.43. The van der Waals surface area contributed by atoms with Gasteiger partial charge in [-0.1, -0.05) is 51.2 Å². The smallest absolute Gasteiger partial charge is 0.324 e. The molecule has 0 spiro atoms. The van der Waals surface area contributed by atoms with Crippen molar-refractivity contribution in [1.29, 1.82) is 0 Å². The lowest BCUT2D eigenvalue weighted by molar-refractivity contribution is -0.150. The van der Waals surface area contributed by atoms with Crippen molar-refractivity contribution >= 4 is 17.8 Å². The summed E-state index contributed by atoms with van der Waals surface area (Å²) >= 11 is 0. The van der Waals surface area contributed by atoms with E-state index in [1.54, 1.807) is 0 Å². The van der Waals surface area contributed by atoms with E-state index in [9.17, 15) is 19.5 Å². The third-order valence-corrected chi connectivity index (χ3v) is 6.92. The standard InChI is InChI=1S/C23H30N2O5/c1-2-12-30-16-10-8-15(9-11-16)19-17-18(21(27)24-20(17)26)23(25-19,22(28)29)13-14-6-4-3-5-7-14/h8-11,14,17-19,25H,2-7,12-13H2,1H3,(H,28,29)(H,24,26,27). The second kappa shape index (κ2) is 8.38. The van der Waals surface area contributed by atoms with Crippen molar-refractivity contribution in [3.8, 4) is 5.75 Å². The molecule has 30 heavy (non-hydrogen) atoms. The van der Waals surface area contributed by atoms with Gasteiger partial charge in [0.25, 0.3) is 0 Å². The number of carbonyl (C=O) groups excluding carboxylic acids is 2. The van der Waals surface area contributed by atoms with Crippen molar-refractivity contribution in [3.05, 3.63) is 29.8 Å². The molecule has 1 aliphatic carbocycles. The Hall–Kier alpha value is -2.41. The van der Waals surface area contributed by atoms with Gasteiger partial charge in [-0.25, -0.2) is 0 Å². The molecule has 2 amide bonds. The van der Waals surface area contributed by atoms with Gasteiger partial charge < -0.3 is 9.84 Å². The van der Waals surface area contributed by atoms with Crippen LogP contribution < -0.4 is 15.4 Å². The van der Waals surface area contributed by atoms with Crippen molar-refractivity contribution < 1.29 is 24.2 Å². The average molecular weight is 415 g/mol. The minimum Gasteiger partial charge on any atom is -0.494 e. The Morgan fingerprint density at radius 3 is 2.47 bits per heavy atom. The first-order chi connectivity index (χ1) is 14.5. The third-order valence-electron chi connectivity index (χ3n) is 6.92. The fraction of sp³-hybridized carbons (Fsp3) is 0.609. The van der Waals surface area contributed by atoms with E-state index in [1.165, 1.54) is 6.42 Å². The van der Waals surface area contributed by atoms with E-state index in [2.05, 4.69) is 10.6 Å². The maximum Gasteiger partial charge on any atom is 0.324 e. The molecule has 0 radical (unpaired) electrons. The Morgan fingerprint density at radius 2 is 1.83 bits per heavy atom. The van der Waals surface area contributed by atoms with Gasteiger partial charge in [0, 0.05) is 6.04 Å². The molecule has 1 aromatic rings. The van der Waals surface area contributed by atoms with Gasteiger partial charge >= 0.3 is 5.97 Å². The van der Waals surface area contributed by atoms with Crippen molar-refractivity contribution in [2.24, 2.45) is 17.8 Å². The van der Waals surface area contributed by atoms with E-state index in [0.29, 0.717) is 13.0 Å². The van der Waals surface area contributed by atoms with Crippen molar-refractivity contribution in [1.82, 2.24) is 10.6 Å². The molecule has 3 N–H and O–H groups in total. The number of aliphatic carboxylic acids is 1. The molecule has 1 aromatic carbocycles. The molecule has 4 atom stereocenters. The number of ether oxygens (including phenoxy) is 1. The normalized spacial score (nSPS) is 31.4. The number of carboxylic acid groups (broad SMARTS) is 1. The lowest BCUT2D eigenvalue weighted by Crippen LogP contribution is -2.56. The summed E-state index contributed by atoms with van der Waals surface area (Å²) < 4.78 is 5.63. The maximum atomic E-state index is 12.7. The zero-order chi connectivity index (χ0) is 21.3. The molecule has 3 aliphatic rings. The third kappa shape index (κ3) is 3.60. The topological polar surface area (TPSA) is 105 Å². The molecule has 1 saturated carbocycles. The van der Waals surface area contributed by atoms with Crippen LogP contribution in [0.15, 0.2) is 24.3 Å². The highest BCUT2D eigenvalue weighted by atomic mass is 16.5. The minimum absolute atomic E-state index is 0.245. The number of carboxylic acids is 1. The quantitative estimate of drug-likeness (QED) is 0.593. The second-order valence-electron chi connectivity index (χ2n) is 8.88. The van der Waals surface area contributed by atoms with Crippen LogP contribution in [-0.2, 0) is 14.4 Å².